The number of fused-ring (bicyclic) bond motifs is 2. The number of amides is 2. The van der Waals surface area contributed by atoms with E-state index < -0.39 is 0 Å². The summed E-state index contributed by atoms with van der Waals surface area (Å²) in [4.78, 5) is 32.6. The van der Waals surface area contributed by atoms with E-state index in [4.69, 9.17) is 0 Å². The Bertz CT molecular complexity index is 1150. The van der Waals surface area contributed by atoms with Gasteiger partial charge < -0.3 is 5.32 Å². The second-order valence-corrected chi connectivity index (χ2v) is 6.75. The van der Waals surface area contributed by atoms with Crippen LogP contribution in [0.3, 0.4) is 0 Å². The zero-order valence-electron chi connectivity index (χ0n) is 13.8. The lowest BCUT2D eigenvalue weighted by molar-refractivity contribution is -0.114. The minimum absolute atomic E-state index is 0.133. The van der Waals surface area contributed by atoms with Gasteiger partial charge in [0.1, 0.15) is 0 Å². The molecule has 0 saturated carbocycles. The van der Waals surface area contributed by atoms with Crippen molar-refractivity contribution >= 4 is 55.1 Å². The van der Waals surface area contributed by atoms with Crippen LogP contribution in [0.5, 0.6) is 0 Å². The number of thiazole rings is 1. The number of nitrogens with zero attached hydrogens (tertiary/aromatic N) is 2. The SMILES string of the molecule is CC(=O)Nc1ccc2nc(NC(=O)c3cccc4cccnc34)sc2c1. The number of pyridine rings is 1. The Balaban J connectivity index is 1.64. The van der Waals surface area contributed by atoms with Gasteiger partial charge in [-0.2, -0.15) is 0 Å². The van der Waals surface area contributed by atoms with E-state index in [9.17, 15) is 9.59 Å². The third kappa shape index (κ3) is 3.12. The van der Waals surface area contributed by atoms with Gasteiger partial charge in [0, 0.05) is 24.2 Å². The second kappa shape index (κ2) is 6.53. The molecule has 7 heteroatoms. The lowest BCUT2D eigenvalue weighted by Crippen LogP contribution is -2.12. The van der Waals surface area contributed by atoms with Crippen molar-refractivity contribution in [2.75, 3.05) is 10.6 Å². The first-order valence-electron chi connectivity index (χ1n) is 7.93. The van der Waals surface area contributed by atoms with E-state index in [0.29, 0.717) is 21.9 Å². The van der Waals surface area contributed by atoms with E-state index in [1.54, 1.807) is 18.3 Å². The molecule has 0 spiro atoms. The lowest BCUT2D eigenvalue weighted by atomic mass is 10.1. The molecule has 0 aliphatic heterocycles. The maximum Gasteiger partial charge on any atom is 0.259 e. The molecule has 6 nitrogen and oxygen atoms in total. The average Bonchev–Trinajstić information content (AvgIpc) is 3.02. The number of hydrogen-bond donors (Lipinski definition) is 2. The van der Waals surface area contributed by atoms with Crippen molar-refractivity contribution in [1.82, 2.24) is 9.97 Å². The summed E-state index contributed by atoms with van der Waals surface area (Å²) < 4.78 is 0.877. The monoisotopic (exact) mass is 362 g/mol. The van der Waals surface area contributed by atoms with E-state index in [1.807, 2.05) is 36.4 Å². The number of aromatic nitrogens is 2. The summed E-state index contributed by atoms with van der Waals surface area (Å²) in [6.07, 6.45) is 1.67. The van der Waals surface area contributed by atoms with Crippen molar-refractivity contribution in [1.29, 1.82) is 0 Å². The highest BCUT2D eigenvalue weighted by molar-refractivity contribution is 7.22. The molecule has 4 rings (SSSR count). The molecule has 0 unspecified atom stereocenters. The summed E-state index contributed by atoms with van der Waals surface area (Å²) in [5.41, 5.74) is 2.61. The number of nitrogens with one attached hydrogen (secondary N) is 2. The third-order valence-electron chi connectivity index (χ3n) is 3.81. The summed E-state index contributed by atoms with van der Waals surface area (Å²) in [7, 11) is 0. The van der Waals surface area contributed by atoms with Gasteiger partial charge in [0.2, 0.25) is 5.91 Å². The molecule has 2 N–H and O–H groups in total. The fraction of sp³-hybridized carbons (Fsp3) is 0.0526. The van der Waals surface area contributed by atoms with Crippen LogP contribution in [0.4, 0.5) is 10.8 Å². The summed E-state index contributed by atoms with van der Waals surface area (Å²) in [6.45, 7) is 1.46. The van der Waals surface area contributed by atoms with Gasteiger partial charge in [-0.3, -0.25) is 19.9 Å². The number of rotatable bonds is 3. The van der Waals surface area contributed by atoms with Crippen molar-refractivity contribution in [3.05, 3.63) is 60.3 Å². The van der Waals surface area contributed by atoms with Crippen molar-refractivity contribution in [2.24, 2.45) is 0 Å². The molecule has 26 heavy (non-hydrogen) atoms. The molecule has 0 radical (unpaired) electrons. The van der Waals surface area contributed by atoms with Crippen molar-refractivity contribution < 1.29 is 9.59 Å². The van der Waals surface area contributed by atoms with Crippen LogP contribution in [0.25, 0.3) is 21.1 Å². The first-order valence-corrected chi connectivity index (χ1v) is 8.75. The number of anilines is 2. The zero-order valence-corrected chi connectivity index (χ0v) is 14.6. The Kier molecular flexibility index (Phi) is 4.06. The van der Waals surface area contributed by atoms with Crippen LogP contribution in [0, 0.1) is 0 Å². The Labute approximate surface area is 152 Å². The maximum atomic E-state index is 12.7. The largest absolute Gasteiger partial charge is 0.326 e. The molecule has 0 fully saturated rings. The summed E-state index contributed by atoms with van der Waals surface area (Å²) >= 11 is 1.35. The predicted octanol–water partition coefficient (Wildman–Crippen LogP) is 4.06. The van der Waals surface area contributed by atoms with Gasteiger partial charge in [0.05, 0.1) is 21.3 Å². The van der Waals surface area contributed by atoms with Gasteiger partial charge in [-0.15, -0.1) is 0 Å². The van der Waals surface area contributed by atoms with Gasteiger partial charge >= 0.3 is 0 Å². The molecule has 0 bridgehead atoms. The van der Waals surface area contributed by atoms with E-state index in [0.717, 1.165) is 15.6 Å². The Morgan fingerprint density at radius 3 is 2.73 bits per heavy atom. The topological polar surface area (TPSA) is 84.0 Å². The molecule has 0 atom stereocenters. The fourth-order valence-electron chi connectivity index (χ4n) is 2.71. The molecule has 128 valence electrons. The average molecular weight is 362 g/mol. The van der Waals surface area contributed by atoms with Crippen LogP contribution in [0.15, 0.2) is 54.7 Å². The van der Waals surface area contributed by atoms with Crippen LogP contribution < -0.4 is 10.6 Å². The summed E-state index contributed by atoms with van der Waals surface area (Å²) in [5, 5.41) is 6.98. The van der Waals surface area contributed by atoms with Crippen LogP contribution in [0.2, 0.25) is 0 Å². The lowest BCUT2D eigenvalue weighted by Gasteiger charge is -2.04. The number of para-hydroxylation sites is 1. The first-order chi connectivity index (χ1) is 12.6. The van der Waals surface area contributed by atoms with Gasteiger partial charge in [0.25, 0.3) is 5.91 Å². The quantitative estimate of drug-likeness (QED) is 0.576. The molecule has 4 aromatic rings. The second-order valence-electron chi connectivity index (χ2n) is 5.72. The molecule has 2 aromatic carbocycles. The van der Waals surface area contributed by atoms with Crippen LogP contribution in [-0.4, -0.2) is 21.8 Å². The summed E-state index contributed by atoms with van der Waals surface area (Å²) in [6, 6.07) is 14.7. The van der Waals surface area contributed by atoms with Crippen LogP contribution in [0.1, 0.15) is 17.3 Å². The Morgan fingerprint density at radius 1 is 1.04 bits per heavy atom. The highest BCUT2D eigenvalue weighted by Crippen LogP contribution is 2.29. The molecule has 2 heterocycles. The standard InChI is InChI=1S/C19H14N4O2S/c1-11(24)21-13-7-8-15-16(10-13)26-19(22-15)23-18(25)14-6-2-4-12-5-3-9-20-17(12)14/h2-10H,1H3,(H,21,24)(H,22,23,25). The molecule has 2 aromatic heterocycles. The Hall–Kier alpha value is -3.32. The molecule has 0 saturated heterocycles. The van der Waals surface area contributed by atoms with E-state index >= 15 is 0 Å². The smallest absolute Gasteiger partial charge is 0.259 e. The van der Waals surface area contributed by atoms with Gasteiger partial charge in [0.15, 0.2) is 5.13 Å². The number of carbonyl (C=O) groups excluding carboxylic acids is 2. The van der Waals surface area contributed by atoms with Gasteiger partial charge in [-0.25, -0.2) is 4.98 Å². The minimum Gasteiger partial charge on any atom is -0.326 e. The predicted molar refractivity (Wildman–Crippen MR) is 104 cm³/mol. The van der Waals surface area contributed by atoms with E-state index in [-0.39, 0.29) is 11.8 Å². The number of carbonyl (C=O) groups is 2. The number of benzene rings is 2. The van der Waals surface area contributed by atoms with Crippen LogP contribution >= 0.6 is 11.3 Å². The fourth-order valence-corrected chi connectivity index (χ4v) is 3.61. The summed E-state index contributed by atoms with van der Waals surface area (Å²) in [5.74, 6) is -0.388. The van der Waals surface area contributed by atoms with Crippen molar-refractivity contribution in [3.8, 4) is 0 Å². The highest BCUT2D eigenvalue weighted by Gasteiger charge is 2.13. The normalized spacial score (nSPS) is 10.8. The molecule has 0 aliphatic carbocycles. The van der Waals surface area contributed by atoms with Crippen LogP contribution in [-0.2, 0) is 4.79 Å². The molecular weight excluding hydrogens is 348 g/mol. The molecular formula is C19H14N4O2S. The third-order valence-corrected chi connectivity index (χ3v) is 4.74. The Morgan fingerprint density at radius 2 is 1.88 bits per heavy atom. The first kappa shape index (κ1) is 16.2. The van der Waals surface area contributed by atoms with Crippen molar-refractivity contribution in [3.63, 3.8) is 0 Å². The minimum atomic E-state index is -0.254. The van der Waals surface area contributed by atoms with Gasteiger partial charge in [-0.1, -0.05) is 29.5 Å². The molecule has 2 amide bonds. The zero-order chi connectivity index (χ0) is 18.1. The van der Waals surface area contributed by atoms with Crippen molar-refractivity contribution in [2.45, 2.75) is 6.92 Å². The highest BCUT2D eigenvalue weighted by atomic mass is 32.1. The number of hydrogen-bond acceptors (Lipinski definition) is 5. The molecule has 0 aliphatic rings. The maximum absolute atomic E-state index is 12.7. The van der Waals surface area contributed by atoms with Gasteiger partial charge in [-0.05, 0) is 30.3 Å². The van der Waals surface area contributed by atoms with E-state index in [2.05, 4.69) is 20.6 Å². The van der Waals surface area contributed by atoms with E-state index in [1.165, 1.54) is 18.3 Å².